The molecule has 0 amide bonds. The minimum absolute atomic E-state index is 0.108. The maximum atomic E-state index is 5.83. The number of rotatable bonds is 3. The molecule has 1 aromatic heterocycles. The summed E-state index contributed by atoms with van der Waals surface area (Å²) in [5.41, 5.74) is 5.93. The van der Waals surface area contributed by atoms with E-state index in [9.17, 15) is 0 Å². The first-order valence-electron chi connectivity index (χ1n) is 4.83. The van der Waals surface area contributed by atoms with Crippen LogP contribution in [0.5, 0.6) is 0 Å². The molecule has 0 unspecified atom stereocenters. The van der Waals surface area contributed by atoms with Crippen molar-refractivity contribution in [3.8, 4) is 0 Å². The van der Waals surface area contributed by atoms with Gasteiger partial charge in [0.25, 0.3) is 0 Å². The fraction of sp³-hybridized carbons (Fsp3) is 0.667. The summed E-state index contributed by atoms with van der Waals surface area (Å²) >= 11 is 4.97. The van der Waals surface area contributed by atoms with Gasteiger partial charge in [0, 0.05) is 11.9 Å². The molecule has 0 aromatic carbocycles. The predicted molar refractivity (Wildman–Crippen MR) is 63.7 cm³/mol. The summed E-state index contributed by atoms with van der Waals surface area (Å²) in [6.45, 7) is 0.699. The first-order valence-corrected chi connectivity index (χ1v) is 6.51. The highest BCUT2D eigenvalue weighted by Crippen LogP contribution is 2.33. The van der Waals surface area contributed by atoms with Crippen LogP contribution < -0.4 is 11.1 Å². The van der Waals surface area contributed by atoms with E-state index >= 15 is 0 Å². The van der Waals surface area contributed by atoms with E-state index in [2.05, 4.69) is 26.2 Å². The lowest BCUT2D eigenvalue weighted by Crippen LogP contribution is -2.42. The molecule has 1 aromatic rings. The fourth-order valence-corrected chi connectivity index (χ4v) is 3.23. The highest BCUT2D eigenvalue weighted by molar-refractivity contribution is 9.10. The van der Waals surface area contributed by atoms with Crippen LogP contribution in [0.3, 0.4) is 0 Å². The highest BCUT2D eigenvalue weighted by atomic mass is 79.9. The minimum atomic E-state index is 0.108. The van der Waals surface area contributed by atoms with Gasteiger partial charge in [-0.1, -0.05) is 12.8 Å². The summed E-state index contributed by atoms with van der Waals surface area (Å²) in [4.78, 5) is 4.34. The Balaban J connectivity index is 2.08. The maximum absolute atomic E-state index is 5.83. The van der Waals surface area contributed by atoms with Crippen LogP contribution in [0.15, 0.2) is 9.98 Å². The number of aromatic nitrogens is 1. The van der Waals surface area contributed by atoms with Crippen molar-refractivity contribution in [3.63, 3.8) is 0 Å². The molecule has 3 N–H and O–H groups in total. The molecule has 5 heteroatoms. The second-order valence-corrected chi connectivity index (χ2v) is 5.46. The molecule has 1 fully saturated rings. The Hall–Kier alpha value is -0.130. The third-order valence-electron chi connectivity index (χ3n) is 2.80. The lowest BCUT2D eigenvalue weighted by Gasteiger charge is -2.28. The molecule has 1 saturated carbocycles. The number of nitrogens with zero attached hydrogens (tertiary/aromatic N) is 1. The van der Waals surface area contributed by atoms with Gasteiger partial charge in [-0.15, -0.1) is 11.3 Å². The highest BCUT2D eigenvalue weighted by Gasteiger charge is 2.32. The molecule has 0 aliphatic heterocycles. The molecule has 0 bridgehead atoms. The molecular formula is C9H14BrN3S. The van der Waals surface area contributed by atoms with Gasteiger partial charge in [-0.05, 0) is 28.8 Å². The lowest BCUT2D eigenvalue weighted by molar-refractivity contribution is 0.493. The SMILES string of the molecule is NCC1(Nc2nc(Br)cs2)CCCC1. The van der Waals surface area contributed by atoms with E-state index in [0.717, 1.165) is 9.73 Å². The summed E-state index contributed by atoms with van der Waals surface area (Å²) in [6.07, 6.45) is 4.88. The Morgan fingerprint density at radius 3 is 2.79 bits per heavy atom. The van der Waals surface area contributed by atoms with E-state index in [1.165, 1.54) is 25.7 Å². The second kappa shape index (κ2) is 4.16. The Bertz CT molecular complexity index is 307. The van der Waals surface area contributed by atoms with Crippen molar-refractivity contribution >= 4 is 32.4 Å². The Labute approximate surface area is 96.2 Å². The standard InChI is InChI=1S/C9H14BrN3S/c10-7-5-14-8(12-7)13-9(6-11)3-1-2-4-9/h5H,1-4,6,11H2,(H,12,13). The van der Waals surface area contributed by atoms with Gasteiger partial charge in [0.1, 0.15) is 4.60 Å². The third kappa shape index (κ3) is 2.10. The Morgan fingerprint density at radius 1 is 1.57 bits per heavy atom. The third-order valence-corrected chi connectivity index (χ3v) is 4.27. The number of halogens is 1. The van der Waals surface area contributed by atoms with Crippen LogP contribution in [-0.4, -0.2) is 17.1 Å². The molecule has 78 valence electrons. The summed E-state index contributed by atoms with van der Waals surface area (Å²) in [5, 5.41) is 6.44. The summed E-state index contributed by atoms with van der Waals surface area (Å²) in [7, 11) is 0. The van der Waals surface area contributed by atoms with E-state index in [0.29, 0.717) is 6.54 Å². The van der Waals surface area contributed by atoms with Gasteiger partial charge in [-0.3, -0.25) is 0 Å². The fourth-order valence-electron chi connectivity index (χ4n) is 1.97. The van der Waals surface area contributed by atoms with Crippen LogP contribution in [0.2, 0.25) is 0 Å². The zero-order chi connectivity index (χ0) is 10.0. The minimum Gasteiger partial charge on any atom is -0.355 e. The monoisotopic (exact) mass is 275 g/mol. The maximum Gasteiger partial charge on any atom is 0.184 e. The van der Waals surface area contributed by atoms with Crippen molar-refractivity contribution in [1.29, 1.82) is 0 Å². The first kappa shape index (κ1) is 10.4. The van der Waals surface area contributed by atoms with Gasteiger partial charge in [0.15, 0.2) is 5.13 Å². The molecule has 0 atom stereocenters. The zero-order valence-electron chi connectivity index (χ0n) is 7.92. The number of thiazole rings is 1. The van der Waals surface area contributed by atoms with E-state index in [4.69, 9.17) is 5.73 Å². The van der Waals surface area contributed by atoms with Crippen molar-refractivity contribution in [3.05, 3.63) is 9.98 Å². The molecule has 0 spiro atoms. The number of nitrogens with one attached hydrogen (secondary N) is 1. The quantitative estimate of drug-likeness (QED) is 0.892. The molecule has 0 saturated heterocycles. The molecule has 1 heterocycles. The van der Waals surface area contributed by atoms with Gasteiger partial charge in [-0.2, -0.15) is 0 Å². The largest absolute Gasteiger partial charge is 0.355 e. The van der Waals surface area contributed by atoms with Crippen molar-refractivity contribution in [2.75, 3.05) is 11.9 Å². The average molecular weight is 276 g/mol. The number of nitrogens with two attached hydrogens (primary N) is 1. The van der Waals surface area contributed by atoms with Crippen LogP contribution in [0.4, 0.5) is 5.13 Å². The molecule has 1 aliphatic carbocycles. The first-order chi connectivity index (χ1) is 6.74. The van der Waals surface area contributed by atoms with Crippen LogP contribution >= 0.6 is 27.3 Å². The van der Waals surface area contributed by atoms with Gasteiger partial charge in [-0.25, -0.2) is 4.98 Å². The van der Waals surface area contributed by atoms with E-state index < -0.39 is 0 Å². The van der Waals surface area contributed by atoms with Crippen LogP contribution in [0.25, 0.3) is 0 Å². The zero-order valence-corrected chi connectivity index (χ0v) is 10.3. The summed E-state index contributed by atoms with van der Waals surface area (Å²) in [6, 6.07) is 0. The van der Waals surface area contributed by atoms with E-state index in [-0.39, 0.29) is 5.54 Å². The van der Waals surface area contributed by atoms with Crippen LogP contribution in [0, 0.1) is 0 Å². The van der Waals surface area contributed by atoms with Crippen molar-refractivity contribution in [2.45, 2.75) is 31.2 Å². The average Bonchev–Trinajstić information content (AvgIpc) is 2.77. The molecule has 1 aliphatic rings. The molecule has 0 radical (unpaired) electrons. The van der Waals surface area contributed by atoms with Crippen molar-refractivity contribution in [2.24, 2.45) is 5.73 Å². The van der Waals surface area contributed by atoms with Crippen molar-refractivity contribution < 1.29 is 0 Å². The summed E-state index contributed by atoms with van der Waals surface area (Å²) in [5.74, 6) is 0. The Morgan fingerprint density at radius 2 is 2.29 bits per heavy atom. The lowest BCUT2D eigenvalue weighted by atomic mass is 9.98. The van der Waals surface area contributed by atoms with Gasteiger partial charge in [0.2, 0.25) is 0 Å². The number of anilines is 1. The Kier molecular flexibility index (Phi) is 3.09. The molecule has 3 nitrogen and oxygen atoms in total. The van der Waals surface area contributed by atoms with Gasteiger partial charge in [0.05, 0.1) is 5.54 Å². The van der Waals surface area contributed by atoms with Crippen LogP contribution in [0.1, 0.15) is 25.7 Å². The van der Waals surface area contributed by atoms with E-state index in [1.54, 1.807) is 11.3 Å². The second-order valence-electron chi connectivity index (χ2n) is 3.79. The molecule has 2 rings (SSSR count). The predicted octanol–water partition coefficient (Wildman–Crippen LogP) is 2.59. The van der Waals surface area contributed by atoms with Crippen molar-refractivity contribution in [1.82, 2.24) is 4.98 Å². The van der Waals surface area contributed by atoms with E-state index in [1.807, 2.05) is 5.38 Å². The number of hydrogen-bond acceptors (Lipinski definition) is 4. The smallest absolute Gasteiger partial charge is 0.184 e. The molecule has 14 heavy (non-hydrogen) atoms. The normalized spacial score (nSPS) is 19.9. The molecular weight excluding hydrogens is 262 g/mol. The van der Waals surface area contributed by atoms with Crippen LogP contribution in [-0.2, 0) is 0 Å². The topological polar surface area (TPSA) is 50.9 Å². The van der Waals surface area contributed by atoms with Gasteiger partial charge < -0.3 is 11.1 Å². The van der Waals surface area contributed by atoms with Gasteiger partial charge >= 0.3 is 0 Å². The summed E-state index contributed by atoms with van der Waals surface area (Å²) < 4.78 is 0.898. The number of hydrogen-bond donors (Lipinski definition) is 2.